The summed E-state index contributed by atoms with van der Waals surface area (Å²) in [5.41, 5.74) is 1.27. The molecule has 8 heteroatoms. The van der Waals surface area contributed by atoms with Gasteiger partial charge in [-0.05, 0) is 49.7 Å². The van der Waals surface area contributed by atoms with Crippen LogP contribution in [0.1, 0.15) is 43.6 Å². The Hall–Kier alpha value is -2.16. The minimum absolute atomic E-state index is 0.00836. The maximum Gasteiger partial charge on any atom is 0.249 e. The van der Waals surface area contributed by atoms with Gasteiger partial charge in [0.2, 0.25) is 15.6 Å². The van der Waals surface area contributed by atoms with Crippen molar-refractivity contribution >= 4 is 15.8 Å². The lowest BCUT2D eigenvalue weighted by Crippen LogP contribution is -2.53. The summed E-state index contributed by atoms with van der Waals surface area (Å²) in [6.45, 7) is 1.81. The van der Waals surface area contributed by atoms with Crippen LogP contribution in [-0.2, 0) is 14.8 Å². The third-order valence-corrected chi connectivity index (χ3v) is 7.42. The molecule has 0 radical (unpaired) electrons. The fourth-order valence-corrected chi connectivity index (χ4v) is 5.88. The molecule has 1 aromatic heterocycles. The van der Waals surface area contributed by atoms with E-state index in [1.54, 1.807) is 6.07 Å². The number of aromatic amines is 1. The second-order valence-electron chi connectivity index (χ2n) is 9.11. The smallest absolute Gasteiger partial charge is 0.249 e. The molecular formula is C24H33N3O4S. The number of piperidine rings is 1. The van der Waals surface area contributed by atoms with E-state index >= 15 is 0 Å². The maximum atomic E-state index is 11.9. The molecule has 4 rings (SSSR count). The molecule has 1 saturated carbocycles. The number of rotatable bonds is 7. The summed E-state index contributed by atoms with van der Waals surface area (Å²) >= 11 is 0. The van der Waals surface area contributed by atoms with E-state index in [0.29, 0.717) is 32.0 Å². The Labute approximate surface area is 190 Å². The highest BCUT2D eigenvalue weighted by Crippen LogP contribution is 2.34. The van der Waals surface area contributed by atoms with Crippen LogP contribution in [0.2, 0.25) is 0 Å². The van der Waals surface area contributed by atoms with Crippen LogP contribution in [0.4, 0.5) is 5.82 Å². The minimum Gasteiger partial charge on any atom is -0.378 e. The van der Waals surface area contributed by atoms with Crippen molar-refractivity contribution in [2.75, 3.05) is 30.9 Å². The average molecular weight is 460 g/mol. The van der Waals surface area contributed by atoms with E-state index in [1.807, 2.05) is 6.07 Å². The average Bonchev–Trinajstić information content (AvgIpc) is 2.78. The van der Waals surface area contributed by atoms with E-state index in [9.17, 15) is 13.2 Å². The van der Waals surface area contributed by atoms with Gasteiger partial charge >= 0.3 is 0 Å². The fourth-order valence-electron chi connectivity index (χ4n) is 5.02. The molecule has 0 amide bonds. The van der Waals surface area contributed by atoms with Crippen molar-refractivity contribution in [2.45, 2.75) is 50.2 Å². The van der Waals surface area contributed by atoms with Crippen LogP contribution in [-0.4, -0.2) is 51.5 Å². The number of aromatic nitrogens is 1. The second kappa shape index (κ2) is 10.2. The van der Waals surface area contributed by atoms with Gasteiger partial charge in [-0.15, -0.1) is 0 Å². The van der Waals surface area contributed by atoms with E-state index < -0.39 is 10.0 Å². The molecule has 0 spiro atoms. The Balaban J connectivity index is 1.36. The Morgan fingerprint density at radius 2 is 1.78 bits per heavy atom. The van der Waals surface area contributed by atoms with Crippen molar-refractivity contribution in [1.29, 1.82) is 0 Å². The molecule has 7 nitrogen and oxygen atoms in total. The number of H-pyrrole nitrogens is 1. The van der Waals surface area contributed by atoms with Gasteiger partial charge in [0.15, 0.2) is 0 Å². The topological polar surface area (TPSA) is 91.5 Å². The van der Waals surface area contributed by atoms with Gasteiger partial charge in [0, 0.05) is 31.1 Å². The first-order valence-corrected chi connectivity index (χ1v) is 13.3. The zero-order valence-electron chi connectivity index (χ0n) is 18.6. The lowest BCUT2D eigenvalue weighted by atomic mass is 9.82. The predicted molar refractivity (Wildman–Crippen MR) is 127 cm³/mol. The molecule has 174 valence electrons. The molecule has 1 unspecified atom stereocenters. The number of sulfonamides is 1. The number of nitrogens with zero attached hydrogens (tertiary/aromatic N) is 1. The molecule has 1 aliphatic carbocycles. The largest absolute Gasteiger partial charge is 0.378 e. The molecule has 2 N–H and O–H groups in total. The molecule has 1 saturated heterocycles. The van der Waals surface area contributed by atoms with Crippen LogP contribution in [0, 0.1) is 5.92 Å². The van der Waals surface area contributed by atoms with E-state index in [4.69, 9.17) is 4.74 Å². The van der Waals surface area contributed by atoms with Gasteiger partial charge in [-0.1, -0.05) is 36.4 Å². The Morgan fingerprint density at radius 1 is 1.03 bits per heavy atom. The maximum absolute atomic E-state index is 11.9. The zero-order valence-corrected chi connectivity index (χ0v) is 19.4. The van der Waals surface area contributed by atoms with Gasteiger partial charge in [-0.25, -0.2) is 13.1 Å². The lowest BCUT2D eigenvalue weighted by molar-refractivity contribution is -0.00213. The Morgan fingerprint density at radius 3 is 2.47 bits per heavy atom. The van der Waals surface area contributed by atoms with Crippen molar-refractivity contribution in [2.24, 2.45) is 5.92 Å². The van der Waals surface area contributed by atoms with Crippen LogP contribution < -0.4 is 15.2 Å². The Kier molecular flexibility index (Phi) is 7.33. The lowest BCUT2D eigenvalue weighted by Gasteiger charge is -2.40. The van der Waals surface area contributed by atoms with Crippen LogP contribution in [0.25, 0.3) is 0 Å². The predicted octanol–water partition coefficient (Wildman–Crippen LogP) is 2.86. The summed E-state index contributed by atoms with van der Waals surface area (Å²) in [7, 11) is -3.31. The molecule has 32 heavy (non-hydrogen) atoms. The van der Waals surface area contributed by atoms with Gasteiger partial charge in [0.05, 0.1) is 19.0 Å². The first kappa shape index (κ1) is 23.0. The van der Waals surface area contributed by atoms with E-state index in [0.717, 1.165) is 31.5 Å². The second-order valence-corrected chi connectivity index (χ2v) is 10.9. The summed E-state index contributed by atoms with van der Waals surface area (Å²) in [6.07, 6.45) is 6.35. The molecule has 1 aromatic carbocycles. The van der Waals surface area contributed by atoms with Gasteiger partial charge < -0.3 is 14.6 Å². The van der Waals surface area contributed by atoms with E-state index in [-0.39, 0.29) is 23.6 Å². The summed E-state index contributed by atoms with van der Waals surface area (Å²) in [6, 6.07) is 15.6. The number of ether oxygens (including phenoxy) is 1. The molecule has 2 atom stereocenters. The van der Waals surface area contributed by atoms with Gasteiger partial charge in [-0.2, -0.15) is 0 Å². The zero-order chi connectivity index (χ0) is 22.6. The molecule has 2 fully saturated rings. The van der Waals surface area contributed by atoms with Gasteiger partial charge in [0.25, 0.3) is 0 Å². The number of hydrogen-bond acceptors (Lipinski definition) is 5. The fraction of sp³-hybridized carbons (Fsp3) is 0.542. The third-order valence-electron chi connectivity index (χ3n) is 6.68. The number of nitrogens with one attached hydrogen (secondary N) is 2. The highest BCUT2D eigenvalue weighted by atomic mass is 32.2. The van der Waals surface area contributed by atoms with Crippen LogP contribution >= 0.6 is 0 Å². The first-order chi connectivity index (χ1) is 15.4. The van der Waals surface area contributed by atoms with Crippen molar-refractivity contribution in [1.82, 2.24) is 9.71 Å². The van der Waals surface area contributed by atoms with Gasteiger partial charge in [-0.3, -0.25) is 4.79 Å². The van der Waals surface area contributed by atoms with Crippen LogP contribution in [0.15, 0.2) is 53.3 Å². The first-order valence-electron chi connectivity index (χ1n) is 11.5. The normalized spacial score (nSPS) is 26.7. The van der Waals surface area contributed by atoms with Crippen LogP contribution in [0.3, 0.4) is 0 Å². The number of benzene rings is 1. The quantitative estimate of drug-likeness (QED) is 0.664. The Bertz CT molecular complexity index is 1030. The highest BCUT2D eigenvalue weighted by Gasteiger charge is 2.33. The monoisotopic (exact) mass is 459 g/mol. The van der Waals surface area contributed by atoms with Crippen molar-refractivity contribution < 1.29 is 13.2 Å². The van der Waals surface area contributed by atoms with E-state index in [2.05, 4.69) is 44.9 Å². The summed E-state index contributed by atoms with van der Waals surface area (Å²) < 4.78 is 32.9. The summed E-state index contributed by atoms with van der Waals surface area (Å²) in [5, 5.41) is 0. The summed E-state index contributed by atoms with van der Waals surface area (Å²) in [4.78, 5) is 16.7. The number of hydrogen-bond donors (Lipinski definition) is 2. The SMILES string of the molecule is CS(=O)(=O)N[C@H]1CCN(c2cccc(=O)[nH]2)CC1COC1CCC(c2ccccc2)CC1. The molecule has 1 aliphatic heterocycles. The minimum atomic E-state index is -3.31. The van der Waals surface area contributed by atoms with Gasteiger partial charge in [0.1, 0.15) is 5.82 Å². The standard InChI is InChI=1S/C24H33N3O4S/c1-32(29,30)26-22-14-15-27(23-8-5-9-24(28)25-23)16-20(22)17-31-21-12-10-19(11-13-21)18-6-3-2-4-7-18/h2-9,19-22,26H,10-17H2,1H3,(H,25,28)/t19?,20?,21?,22-/m0/s1. The highest BCUT2D eigenvalue weighted by molar-refractivity contribution is 7.88. The molecule has 0 bridgehead atoms. The molecular weight excluding hydrogens is 426 g/mol. The molecule has 2 aromatic rings. The summed E-state index contributed by atoms with van der Waals surface area (Å²) in [5.74, 6) is 1.37. The van der Waals surface area contributed by atoms with Crippen molar-refractivity contribution in [3.05, 3.63) is 64.4 Å². The van der Waals surface area contributed by atoms with Crippen LogP contribution in [0.5, 0.6) is 0 Å². The van der Waals surface area contributed by atoms with E-state index in [1.165, 1.54) is 17.9 Å². The molecule has 2 heterocycles. The number of pyridine rings is 1. The molecule has 2 aliphatic rings. The number of anilines is 1. The van der Waals surface area contributed by atoms with Crippen molar-refractivity contribution in [3.63, 3.8) is 0 Å². The third kappa shape index (κ3) is 6.21. The van der Waals surface area contributed by atoms with Crippen molar-refractivity contribution in [3.8, 4) is 0 Å².